The number of guanidine groups is 1. The van der Waals surface area contributed by atoms with Gasteiger partial charge in [0.05, 0.1) is 5.69 Å². The molecule has 3 rings (SSSR count). The third-order valence-electron chi connectivity index (χ3n) is 10.5. The van der Waals surface area contributed by atoms with E-state index in [4.69, 9.17) is 17.2 Å². The molecule has 0 bridgehead atoms. The summed E-state index contributed by atoms with van der Waals surface area (Å²) in [5.74, 6) is -6.49. The molecule has 3 aromatic rings. The fourth-order valence-corrected chi connectivity index (χ4v) is 6.94. The monoisotopic (exact) mass is 934 g/mol. The highest BCUT2D eigenvalue weighted by molar-refractivity contribution is 7.80. The molecular weight excluding hydrogens is 873 g/mol. The number of nitrogens with one attached hydrogen (secondary N) is 6. The summed E-state index contributed by atoms with van der Waals surface area (Å²) in [6.07, 6.45) is 0.846. The van der Waals surface area contributed by atoms with Crippen molar-refractivity contribution in [1.82, 2.24) is 31.9 Å². The first kappa shape index (κ1) is 53.5. The number of thiol groups is 1. The van der Waals surface area contributed by atoms with Crippen LogP contribution >= 0.6 is 12.6 Å². The van der Waals surface area contributed by atoms with Crippen molar-refractivity contribution in [3.8, 4) is 11.5 Å². The van der Waals surface area contributed by atoms with Gasteiger partial charge >= 0.3 is 5.97 Å². The minimum atomic E-state index is -1.45. The smallest absolute Gasteiger partial charge is 0.326 e. The Morgan fingerprint density at radius 1 is 0.606 bits per heavy atom. The Morgan fingerprint density at radius 3 is 1.47 bits per heavy atom. The van der Waals surface area contributed by atoms with Gasteiger partial charge in [-0.15, -0.1) is 0 Å². The van der Waals surface area contributed by atoms with Gasteiger partial charge in [-0.3, -0.25) is 28.8 Å². The number of carboxylic acids is 1. The number of nitrogens with two attached hydrogens (primary N) is 3. The van der Waals surface area contributed by atoms with Crippen molar-refractivity contribution in [2.24, 2.45) is 28.1 Å². The zero-order valence-electron chi connectivity index (χ0n) is 37.2. The standard InChI is InChI=1S/C45H62N10O10S/c1-4-25(2)38(55-42(62)37(24-66)49-26(3)56)43(63)53-35(22-28-10-16-31(57)17-11-28)40(60)51-33(7-5-6-20-46)39(59)52-34(21-27-8-14-30(15-9-27)50-45(47)48)41(61)54-36(44(64)65)23-29-12-18-32(58)19-13-29/h8-19,25,33-38,57-58,66H,4-7,20-24,46H2,1-3H3,(H,49,56)(H,51,60)(H,52,59)(H,53,63)(H,54,61)(H,55,62)(H,64,65)(H4,47,48,50)/t25?,33-,34-,35-,36-,37-,38-/m0/s1. The van der Waals surface area contributed by atoms with Gasteiger partial charge in [-0.1, -0.05) is 56.7 Å². The molecule has 358 valence electrons. The second-order valence-electron chi connectivity index (χ2n) is 15.8. The lowest BCUT2D eigenvalue weighted by Gasteiger charge is -2.29. The molecule has 0 saturated heterocycles. The molecule has 1 unspecified atom stereocenters. The molecule has 0 saturated carbocycles. The molecule has 21 heteroatoms. The SMILES string of the molecule is CCC(C)[C@H](NC(=O)[C@H](CS)NC(C)=O)C(=O)N[C@@H](Cc1ccc(O)cc1)C(=O)N[C@@H](CCCCN)C(=O)N[C@@H](Cc1ccc(N=C(N)N)cc1)C(=O)N[C@@H](Cc1ccc(O)cc1)C(=O)O. The van der Waals surface area contributed by atoms with Crippen LogP contribution in [0.25, 0.3) is 0 Å². The summed E-state index contributed by atoms with van der Waals surface area (Å²) in [5.41, 5.74) is 18.7. The Hall–Kier alpha value is -6.87. The maximum absolute atomic E-state index is 14.4. The third kappa shape index (κ3) is 18.0. The second-order valence-corrected chi connectivity index (χ2v) is 16.2. The first-order chi connectivity index (χ1) is 31.3. The van der Waals surface area contributed by atoms with Crippen LogP contribution in [0.4, 0.5) is 5.69 Å². The molecule has 20 nitrogen and oxygen atoms in total. The maximum Gasteiger partial charge on any atom is 0.326 e. The molecule has 0 radical (unpaired) electrons. The summed E-state index contributed by atoms with van der Waals surface area (Å²) in [6, 6.07) is 10.3. The number of aliphatic imine (C=N–C) groups is 1. The van der Waals surface area contributed by atoms with Gasteiger partial charge in [-0.25, -0.2) is 9.79 Å². The van der Waals surface area contributed by atoms with Crippen molar-refractivity contribution in [3.05, 3.63) is 89.5 Å². The van der Waals surface area contributed by atoms with Crippen molar-refractivity contribution < 1.29 is 48.9 Å². The number of aliphatic carboxylic acids is 1. The predicted molar refractivity (Wildman–Crippen MR) is 250 cm³/mol. The van der Waals surface area contributed by atoms with Gasteiger partial charge in [0.1, 0.15) is 47.8 Å². The number of phenolic OH excluding ortho intramolecular Hbond substituents is 2. The van der Waals surface area contributed by atoms with Crippen LogP contribution in [0.15, 0.2) is 77.8 Å². The Bertz CT molecular complexity index is 2140. The second kappa shape index (κ2) is 26.8. The maximum atomic E-state index is 14.4. The highest BCUT2D eigenvalue weighted by Crippen LogP contribution is 2.17. The average molecular weight is 935 g/mol. The van der Waals surface area contributed by atoms with Gasteiger partial charge in [0, 0.05) is 31.9 Å². The van der Waals surface area contributed by atoms with Gasteiger partial charge < -0.3 is 64.4 Å². The van der Waals surface area contributed by atoms with E-state index in [9.17, 15) is 48.9 Å². The van der Waals surface area contributed by atoms with E-state index in [0.717, 1.165) is 0 Å². The molecule has 7 atom stereocenters. The van der Waals surface area contributed by atoms with Gasteiger partial charge in [0.2, 0.25) is 35.4 Å². The van der Waals surface area contributed by atoms with Crippen LogP contribution in [0.5, 0.6) is 11.5 Å². The highest BCUT2D eigenvalue weighted by Gasteiger charge is 2.35. The first-order valence-electron chi connectivity index (χ1n) is 21.4. The molecule has 0 heterocycles. The number of hydrogen-bond donors (Lipinski definition) is 13. The lowest BCUT2D eigenvalue weighted by molar-refractivity contribution is -0.142. The van der Waals surface area contributed by atoms with Gasteiger partial charge in [0.15, 0.2) is 5.96 Å². The van der Waals surface area contributed by atoms with E-state index in [2.05, 4.69) is 49.5 Å². The molecule has 0 fully saturated rings. The summed E-state index contributed by atoms with van der Waals surface area (Å²) in [5, 5.41) is 45.6. The number of benzene rings is 3. The van der Waals surface area contributed by atoms with Gasteiger partial charge in [0.25, 0.3) is 0 Å². The van der Waals surface area contributed by atoms with E-state index >= 15 is 0 Å². The fourth-order valence-electron chi connectivity index (χ4n) is 6.68. The number of unbranched alkanes of at least 4 members (excludes halogenated alkanes) is 1. The summed E-state index contributed by atoms with van der Waals surface area (Å²) in [6.45, 7) is 5.03. The molecule has 0 aliphatic carbocycles. The van der Waals surface area contributed by atoms with Crippen molar-refractivity contribution in [1.29, 1.82) is 0 Å². The number of carboxylic acid groups (broad SMARTS) is 1. The fraction of sp³-hybridized carbons (Fsp3) is 0.422. The lowest BCUT2D eigenvalue weighted by Crippen LogP contribution is -2.61. The van der Waals surface area contributed by atoms with E-state index in [1.807, 2.05) is 0 Å². The minimum Gasteiger partial charge on any atom is -0.508 e. The molecular formula is C45H62N10O10S. The van der Waals surface area contributed by atoms with Crippen LogP contribution in [-0.4, -0.2) is 111 Å². The molecule has 0 aliphatic rings. The van der Waals surface area contributed by atoms with Crippen LogP contribution in [0.3, 0.4) is 0 Å². The van der Waals surface area contributed by atoms with Crippen LogP contribution in [0.1, 0.15) is 63.1 Å². The molecule has 0 spiro atoms. The number of nitrogens with zero attached hydrogens (tertiary/aromatic N) is 1. The normalized spacial score (nSPS) is 14.1. The predicted octanol–water partition coefficient (Wildman–Crippen LogP) is 0.149. The zero-order chi connectivity index (χ0) is 48.9. The van der Waals surface area contributed by atoms with Crippen LogP contribution in [0.2, 0.25) is 0 Å². The molecule has 0 aliphatic heterocycles. The van der Waals surface area contributed by atoms with Crippen molar-refractivity contribution in [2.75, 3.05) is 12.3 Å². The summed E-state index contributed by atoms with van der Waals surface area (Å²) in [4.78, 5) is 98.2. The molecule has 6 amide bonds. The van der Waals surface area contributed by atoms with Crippen molar-refractivity contribution in [2.45, 2.75) is 102 Å². The Balaban J connectivity index is 1.99. The Morgan fingerprint density at radius 2 is 1.03 bits per heavy atom. The lowest BCUT2D eigenvalue weighted by atomic mass is 9.96. The number of aromatic hydroxyl groups is 2. The van der Waals surface area contributed by atoms with E-state index in [1.165, 1.54) is 43.3 Å². The van der Waals surface area contributed by atoms with Crippen LogP contribution < -0.4 is 49.1 Å². The quantitative estimate of drug-likeness (QED) is 0.0221. The highest BCUT2D eigenvalue weighted by atomic mass is 32.1. The molecule has 66 heavy (non-hydrogen) atoms. The van der Waals surface area contributed by atoms with Gasteiger partial charge in [-0.05, 0) is 84.8 Å². The van der Waals surface area contributed by atoms with E-state index < -0.39 is 83.6 Å². The zero-order valence-corrected chi connectivity index (χ0v) is 38.1. The third-order valence-corrected chi connectivity index (χ3v) is 10.9. The van der Waals surface area contributed by atoms with E-state index in [0.29, 0.717) is 41.6 Å². The van der Waals surface area contributed by atoms with E-state index in [-0.39, 0.29) is 55.4 Å². The number of rotatable bonds is 26. The summed E-state index contributed by atoms with van der Waals surface area (Å²) < 4.78 is 0. The number of amides is 6. The summed E-state index contributed by atoms with van der Waals surface area (Å²) in [7, 11) is 0. The van der Waals surface area contributed by atoms with Crippen LogP contribution in [-0.2, 0) is 52.8 Å². The topological polar surface area (TPSA) is 343 Å². The summed E-state index contributed by atoms with van der Waals surface area (Å²) >= 11 is 4.16. The largest absolute Gasteiger partial charge is 0.508 e. The Labute approximate surface area is 388 Å². The number of carbonyl (C=O) groups excluding carboxylic acids is 6. The molecule has 15 N–H and O–H groups in total. The Kier molecular flexibility index (Phi) is 21.7. The van der Waals surface area contributed by atoms with E-state index in [1.54, 1.807) is 50.2 Å². The molecule has 0 aromatic heterocycles. The number of phenols is 2. The average Bonchev–Trinajstić information content (AvgIpc) is 3.27. The van der Waals surface area contributed by atoms with Crippen molar-refractivity contribution >= 4 is 65.7 Å². The minimum absolute atomic E-state index is 0.0351. The number of carbonyl (C=O) groups is 7. The van der Waals surface area contributed by atoms with Crippen LogP contribution in [0, 0.1) is 5.92 Å². The first-order valence-corrected chi connectivity index (χ1v) is 22.0. The van der Waals surface area contributed by atoms with Crippen molar-refractivity contribution in [3.63, 3.8) is 0 Å². The number of hydrogen-bond acceptors (Lipinski definition) is 12. The van der Waals surface area contributed by atoms with Gasteiger partial charge in [-0.2, -0.15) is 12.6 Å². The molecule has 3 aromatic carbocycles.